The number of furan rings is 1. The summed E-state index contributed by atoms with van der Waals surface area (Å²) in [5.41, 5.74) is 0. The van der Waals surface area contributed by atoms with Crippen molar-refractivity contribution in [2.75, 3.05) is 27.3 Å². The van der Waals surface area contributed by atoms with Gasteiger partial charge in [-0.15, -0.1) is 0 Å². The van der Waals surface area contributed by atoms with Crippen LogP contribution >= 0.6 is 15.9 Å². The molecule has 0 atom stereocenters. The topological polar surface area (TPSA) is 71.8 Å². The molecule has 1 N–H and O–H groups in total. The first kappa shape index (κ1) is 16.0. The quantitative estimate of drug-likeness (QED) is 0.755. The van der Waals surface area contributed by atoms with Gasteiger partial charge in [-0.05, 0) is 28.8 Å². The third-order valence-corrected chi connectivity index (χ3v) is 5.86. The van der Waals surface area contributed by atoms with E-state index in [9.17, 15) is 8.42 Å². The summed E-state index contributed by atoms with van der Waals surface area (Å²) in [7, 11) is -0.498. The minimum atomic E-state index is -3.56. The van der Waals surface area contributed by atoms with Gasteiger partial charge in [-0.3, -0.25) is 0 Å². The molecule has 1 aliphatic rings. The lowest BCUT2D eigenvalue weighted by Crippen LogP contribution is -2.30. The number of nitrogens with one attached hydrogen (secondary N) is 1. The second kappa shape index (κ2) is 6.57. The first-order chi connectivity index (χ1) is 9.45. The van der Waals surface area contributed by atoms with Gasteiger partial charge in [-0.25, -0.2) is 8.42 Å². The van der Waals surface area contributed by atoms with Crippen molar-refractivity contribution >= 4 is 26.0 Å². The van der Waals surface area contributed by atoms with Crippen LogP contribution in [0, 0.1) is 0 Å². The van der Waals surface area contributed by atoms with Crippen molar-refractivity contribution in [2.24, 2.45) is 0 Å². The van der Waals surface area contributed by atoms with Gasteiger partial charge < -0.3 is 14.5 Å². The summed E-state index contributed by atoms with van der Waals surface area (Å²) in [5, 5.41) is 3.29. The second-order valence-corrected chi connectivity index (χ2v) is 7.56. The molecule has 0 aromatic carbocycles. The van der Waals surface area contributed by atoms with Crippen molar-refractivity contribution in [1.82, 2.24) is 9.62 Å². The van der Waals surface area contributed by atoms with E-state index in [0.29, 0.717) is 31.5 Å². The van der Waals surface area contributed by atoms with Crippen LogP contribution in [-0.4, -0.2) is 46.1 Å². The molecule has 114 valence electrons. The van der Waals surface area contributed by atoms with Crippen molar-refractivity contribution in [3.05, 3.63) is 16.5 Å². The van der Waals surface area contributed by atoms with E-state index < -0.39 is 10.0 Å². The lowest BCUT2D eigenvalue weighted by Gasteiger charge is -2.15. The molecule has 0 aliphatic heterocycles. The van der Waals surface area contributed by atoms with Gasteiger partial charge in [0.1, 0.15) is 10.7 Å². The molecular formula is C12H19BrN2O4S. The molecule has 0 amide bonds. The van der Waals surface area contributed by atoms with E-state index in [0.717, 1.165) is 0 Å². The van der Waals surface area contributed by atoms with Crippen molar-refractivity contribution in [3.63, 3.8) is 0 Å². The Morgan fingerprint density at radius 3 is 2.85 bits per heavy atom. The first-order valence-electron chi connectivity index (χ1n) is 6.42. The van der Waals surface area contributed by atoms with Crippen LogP contribution in [0.15, 0.2) is 20.0 Å². The van der Waals surface area contributed by atoms with Gasteiger partial charge in [0.2, 0.25) is 10.0 Å². The van der Waals surface area contributed by atoms with Crippen LogP contribution in [0.25, 0.3) is 0 Å². The van der Waals surface area contributed by atoms with Crippen LogP contribution in [0.2, 0.25) is 0 Å². The van der Waals surface area contributed by atoms with Crippen LogP contribution < -0.4 is 5.32 Å². The molecule has 1 aromatic heterocycles. The fourth-order valence-corrected chi connectivity index (χ4v) is 3.81. The lowest BCUT2D eigenvalue weighted by molar-refractivity contribution is 0.185. The zero-order chi connectivity index (χ0) is 14.8. The van der Waals surface area contributed by atoms with Gasteiger partial charge in [0.25, 0.3) is 0 Å². The number of methoxy groups -OCH3 is 1. The van der Waals surface area contributed by atoms with E-state index in [1.165, 1.54) is 31.3 Å². The van der Waals surface area contributed by atoms with Gasteiger partial charge >= 0.3 is 0 Å². The van der Waals surface area contributed by atoms with Crippen LogP contribution in [0.4, 0.5) is 0 Å². The number of nitrogens with zero attached hydrogens (tertiary/aromatic N) is 1. The molecule has 0 bridgehead atoms. The number of likely N-dealkylation sites (N-methyl/N-ethyl adjacent to an activating group) is 1. The zero-order valence-corrected chi connectivity index (χ0v) is 14.0. The molecule has 0 saturated heterocycles. The van der Waals surface area contributed by atoms with E-state index in [1.54, 1.807) is 6.07 Å². The molecule has 1 heterocycles. The zero-order valence-electron chi connectivity index (χ0n) is 11.6. The average molecular weight is 367 g/mol. The van der Waals surface area contributed by atoms with Gasteiger partial charge in [0.05, 0.1) is 13.2 Å². The van der Waals surface area contributed by atoms with E-state index in [-0.39, 0.29) is 9.56 Å². The van der Waals surface area contributed by atoms with E-state index in [2.05, 4.69) is 21.2 Å². The molecule has 1 aliphatic carbocycles. The third kappa shape index (κ3) is 3.82. The van der Waals surface area contributed by atoms with Crippen LogP contribution in [0.3, 0.4) is 0 Å². The molecule has 1 aromatic rings. The number of hydrogen-bond donors (Lipinski definition) is 1. The number of sulfonamides is 1. The van der Waals surface area contributed by atoms with Crippen LogP contribution in [-0.2, 0) is 21.3 Å². The van der Waals surface area contributed by atoms with Gasteiger partial charge in [0.15, 0.2) is 4.67 Å². The molecule has 0 radical (unpaired) electrons. The summed E-state index contributed by atoms with van der Waals surface area (Å²) in [6.07, 6.45) is 2.35. The number of rotatable bonds is 8. The maximum absolute atomic E-state index is 12.4. The van der Waals surface area contributed by atoms with Gasteiger partial charge in [0, 0.05) is 32.8 Å². The Morgan fingerprint density at radius 2 is 2.25 bits per heavy atom. The second-order valence-electron chi connectivity index (χ2n) is 4.83. The van der Waals surface area contributed by atoms with Crippen molar-refractivity contribution in [2.45, 2.75) is 30.3 Å². The molecule has 0 unspecified atom stereocenters. The van der Waals surface area contributed by atoms with Crippen molar-refractivity contribution < 1.29 is 17.6 Å². The molecular weight excluding hydrogens is 348 g/mol. The Hall–Kier alpha value is -0.410. The third-order valence-electron chi connectivity index (χ3n) is 3.15. The fraction of sp³-hybridized carbons (Fsp3) is 0.667. The van der Waals surface area contributed by atoms with E-state index >= 15 is 0 Å². The van der Waals surface area contributed by atoms with E-state index in [4.69, 9.17) is 9.15 Å². The minimum Gasteiger partial charge on any atom is -0.452 e. The summed E-state index contributed by atoms with van der Waals surface area (Å²) in [4.78, 5) is 0.156. The standard InChI is InChI=1S/C12H19BrN2O4S/c1-15(5-6-18-2)20(16,17)11-7-10(19-12(11)13)8-14-9-3-4-9/h7,9,14H,3-6,8H2,1-2H3. The Balaban J connectivity index is 2.09. The predicted molar refractivity (Wildman–Crippen MR) is 78.0 cm³/mol. The molecule has 0 spiro atoms. The maximum Gasteiger partial charge on any atom is 0.247 e. The monoisotopic (exact) mass is 366 g/mol. The highest BCUT2D eigenvalue weighted by Crippen LogP contribution is 2.29. The lowest BCUT2D eigenvalue weighted by atomic mass is 10.4. The molecule has 1 saturated carbocycles. The van der Waals surface area contributed by atoms with Crippen LogP contribution in [0.5, 0.6) is 0 Å². The molecule has 20 heavy (non-hydrogen) atoms. The van der Waals surface area contributed by atoms with Gasteiger partial charge in [-0.2, -0.15) is 4.31 Å². The summed E-state index contributed by atoms with van der Waals surface area (Å²) < 4.78 is 36.6. The Morgan fingerprint density at radius 1 is 1.55 bits per heavy atom. The Kier molecular flexibility index (Phi) is 5.25. The SMILES string of the molecule is COCCN(C)S(=O)(=O)c1cc(CNC2CC2)oc1Br. The highest BCUT2D eigenvalue weighted by Gasteiger charge is 2.27. The minimum absolute atomic E-state index is 0.156. The summed E-state index contributed by atoms with van der Waals surface area (Å²) >= 11 is 3.18. The number of halogens is 1. The fourth-order valence-electron chi connectivity index (χ4n) is 1.70. The maximum atomic E-state index is 12.4. The van der Waals surface area contributed by atoms with E-state index in [1.807, 2.05) is 0 Å². The van der Waals surface area contributed by atoms with Gasteiger partial charge in [-0.1, -0.05) is 0 Å². The summed E-state index contributed by atoms with van der Waals surface area (Å²) in [6.45, 7) is 1.19. The first-order valence-corrected chi connectivity index (χ1v) is 8.65. The predicted octanol–water partition coefficient (Wildman–Crippen LogP) is 1.56. The number of hydrogen-bond acceptors (Lipinski definition) is 5. The molecule has 6 nitrogen and oxygen atoms in total. The largest absolute Gasteiger partial charge is 0.452 e. The highest BCUT2D eigenvalue weighted by molar-refractivity contribution is 9.10. The molecule has 8 heteroatoms. The van der Waals surface area contributed by atoms with Crippen molar-refractivity contribution in [3.8, 4) is 0 Å². The smallest absolute Gasteiger partial charge is 0.247 e. The normalized spacial score (nSPS) is 16.0. The number of ether oxygens (including phenoxy) is 1. The Labute approximate surface area is 127 Å². The highest BCUT2D eigenvalue weighted by atomic mass is 79.9. The van der Waals surface area contributed by atoms with Crippen LogP contribution in [0.1, 0.15) is 18.6 Å². The average Bonchev–Trinajstić information content (AvgIpc) is 3.15. The molecule has 1 fully saturated rings. The Bertz CT molecular complexity index is 554. The summed E-state index contributed by atoms with van der Waals surface area (Å²) in [5.74, 6) is 0.613. The van der Waals surface area contributed by atoms with Crippen molar-refractivity contribution in [1.29, 1.82) is 0 Å². The molecule has 2 rings (SSSR count). The summed E-state index contributed by atoms with van der Waals surface area (Å²) in [6, 6.07) is 2.11.